The summed E-state index contributed by atoms with van der Waals surface area (Å²) in [5.74, 6) is 0.998. The smallest absolute Gasteiger partial charge is 0.222 e. The average molecular weight is 374 g/mol. The van der Waals surface area contributed by atoms with Crippen LogP contribution in [0.15, 0.2) is 24.5 Å². The first-order valence-corrected chi connectivity index (χ1v) is 10.5. The van der Waals surface area contributed by atoms with Gasteiger partial charge in [0.1, 0.15) is 5.82 Å². The molecule has 26 heavy (non-hydrogen) atoms. The maximum absolute atomic E-state index is 12.1. The van der Waals surface area contributed by atoms with Crippen LogP contribution in [-0.4, -0.2) is 59.1 Å². The van der Waals surface area contributed by atoms with Crippen LogP contribution in [0.3, 0.4) is 0 Å². The van der Waals surface area contributed by atoms with Gasteiger partial charge in [-0.1, -0.05) is 6.07 Å². The summed E-state index contributed by atoms with van der Waals surface area (Å²) in [6.07, 6.45) is 6.61. The number of anilines is 2. The number of hydrogen-bond acceptors (Lipinski definition) is 7. The molecule has 0 aliphatic carbocycles. The zero-order valence-corrected chi connectivity index (χ0v) is 15.6. The number of piperazine rings is 1. The molecule has 3 saturated heterocycles. The Morgan fingerprint density at radius 2 is 1.96 bits per heavy atom. The lowest BCUT2D eigenvalue weighted by Gasteiger charge is -2.51. The number of aryl methyl sites for hydroxylation is 1. The van der Waals surface area contributed by atoms with Crippen molar-refractivity contribution < 1.29 is 8.42 Å². The van der Waals surface area contributed by atoms with E-state index in [2.05, 4.69) is 19.9 Å². The molecule has 3 aliphatic heterocycles. The number of fused-ring (bicyclic) bond motifs is 3. The Balaban J connectivity index is 1.78. The van der Waals surface area contributed by atoms with Gasteiger partial charge in [0.25, 0.3) is 0 Å². The van der Waals surface area contributed by atoms with Crippen LogP contribution in [0.4, 0.5) is 11.8 Å². The molecular weight excluding hydrogens is 352 g/mol. The number of hydrogen-bond donors (Lipinski definition) is 1. The second-order valence-electron chi connectivity index (χ2n) is 6.98. The highest BCUT2D eigenvalue weighted by molar-refractivity contribution is 7.88. The quantitative estimate of drug-likeness (QED) is 0.856. The van der Waals surface area contributed by atoms with Crippen molar-refractivity contribution >= 4 is 21.8 Å². The van der Waals surface area contributed by atoms with Crippen LogP contribution < -0.4 is 10.6 Å². The molecule has 2 bridgehead atoms. The Morgan fingerprint density at radius 1 is 1.19 bits per heavy atom. The van der Waals surface area contributed by atoms with E-state index >= 15 is 0 Å². The molecule has 9 heteroatoms. The zero-order chi connectivity index (χ0) is 18.5. The van der Waals surface area contributed by atoms with Crippen molar-refractivity contribution in [2.24, 2.45) is 0 Å². The maximum Gasteiger partial charge on any atom is 0.222 e. The average Bonchev–Trinajstić information content (AvgIpc) is 2.61. The van der Waals surface area contributed by atoms with Crippen LogP contribution in [0.25, 0.3) is 11.1 Å². The zero-order valence-electron chi connectivity index (χ0n) is 14.8. The van der Waals surface area contributed by atoms with Gasteiger partial charge in [0.2, 0.25) is 16.0 Å². The Bertz CT molecular complexity index is 934. The predicted octanol–water partition coefficient (Wildman–Crippen LogP) is 1.04. The minimum Gasteiger partial charge on any atom is -0.368 e. The normalized spacial score (nSPS) is 23.4. The second kappa shape index (κ2) is 6.17. The number of sulfonamides is 1. The number of nitrogens with zero attached hydrogens (tertiary/aromatic N) is 5. The lowest BCUT2D eigenvalue weighted by molar-refractivity contribution is 0.180. The van der Waals surface area contributed by atoms with Crippen LogP contribution in [0.2, 0.25) is 0 Å². The molecule has 3 fully saturated rings. The van der Waals surface area contributed by atoms with E-state index in [-0.39, 0.29) is 18.0 Å². The summed E-state index contributed by atoms with van der Waals surface area (Å²) in [6.45, 7) is 3.01. The Morgan fingerprint density at radius 3 is 2.58 bits per heavy atom. The van der Waals surface area contributed by atoms with Gasteiger partial charge >= 0.3 is 0 Å². The molecule has 2 unspecified atom stereocenters. The van der Waals surface area contributed by atoms with E-state index in [0.29, 0.717) is 13.1 Å². The number of nitrogen functional groups attached to an aromatic ring is 1. The molecule has 0 amide bonds. The van der Waals surface area contributed by atoms with Crippen molar-refractivity contribution in [3.63, 3.8) is 0 Å². The highest BCUT2D eigenvalue weighted by Crippen LogP contribution is 2.38. The van der Waals surface area contributed by atoms with Gasteiger partial charge in [-0.05, 0) is 25.8 Å². The van der Waals surface area contributed by atoms with Gasteiger partial charge in [0.15, 0.2) is 0 Å². The monoisotopic (exact) mass is 374 g/mol. The van der Waals surface area contributed by atoms with Crippen molar-refractivity contribution in [3.05, 3.63) is 30.2 Å². The number of rotatable bonds is 3. The third kappa shape index (κ3) is 2.90. The van der Waals surface area contributed by atoms with E-state index < -0.39 is 10.0 Å². The first kappa shape index (κ1) is 17.2. The van der Waals surface area contributed by atoms with Gasteiger partial charge < -0.3 is 10.6 Å². The fourth-order valence-electron chi connectivity index (χ4n) is 4.09. The predicted molar refractivity (Wildman–Crippen MR) is 100 cm³/mol. The summed E-state index contributed by atoms with van der Waals surface area (Å²) in [5.41, 5.74) is 8.57. The third-order valence-corrected chi connectivity index (χ3v) is 6.51. The minimum atomic E-state index is -3.20. The fraction of sp³-hybridized carbons (Fsp3) is 0.471. The van der Waals surface area contributed by atoms with E-state index in [1.54, 1.807) is 16.7 Å². The molecule has 0 radical (unpaired) electrons. The largest absolute Gasteiger partial charge is 0.368 e. The molecule has 2 aromatic rings. The highest BCUT2D eigenvalue weighted by atomic mass is 32.2. The van der Waals surface area contributed by atoms with Crippen LogP contribution in [-0.2, 0) is 10.0 Å². The van der Waals surface area contributed by atoms with Crippen LogP contribution in [0, 0.1) is 6.92 Å². The number of aromatic nitrogens is 3. The number of nitrogens with two attached hydrogens (primary N) is 1. The molecule has 5 rings (SSSR count). The van der Waals surface area contributed by atoms with Crippen LogP contribution in [0.1, 0.15) is 18.5 Å². The second-order valence-corrected chi connectivity index (χ2v) is 8.91. The summed E-state index contributed by atoms with van der Waals surface area (Å²) >= 11 is 0. The summed E-state index contributed by atoms with van der Waals surface area (Å²) in [7, 11) is -3.20. The molecule has 138 valence electrons. The molecule has 0 spiro atoms. The Hall–Kier alpha value is -2.26. The topological polar surface area (TPSA) is 105 Å². The molecule has 8 nitrogen and oxygen atoms in total. The Kier molecular flexibility index (Phi) is 4.07. The van der Waals surface area contributed by atoms with E-state index in [4.69, 9.17) is 5.73 Å². The fourth-order valence-corrected chi connectivity index (χ4v) is 5.25. The summed E-state index contributed by atoms with van der Waals surface area (Å²) in [5, 5.41) is 0. The first-order chi connectivity index (χ1) is 12.3. The molecule has 5 heterocycles. The summed E-state index contributed by atoms with van der Waals surface area (Å²) in [4.78, 5) is 15.3. The van der Waals surface area contributed by atoms with Crippen molar-refractivity contribution in [1.82, 2.24) is 19.3 Å². The SMILES string of the molecule is Cc1nc(N)nc(N2CC3CCC2CN3S(C)(=O)=O)c1-c1cccnc1. The van der Waals surface area contributed by atoms with E-state index in [1.807, 2.05) is 19.1 Å². The lowest BCUT2D eigenvalue weighted by Crippen LogP contribution is -2.64. The van der Waals surface area contributed by atoms with Gasteiger partial charge in [0, 0.05) is 48.7 Å². The molecule has 2 aromatic heterocycles. The first-order valence-electron chi connectivity index (χ1n) is 8.62. The minimum absolute atomic E-state index is 0.0340. The Labute approximate surface area is 153 Å². The third-order valence-electron chi connectivity index (χ3n) is 5.22. The van der Waals surface area contributed by atoms with Crippen LogP contribution >= 0.6 is 0 Å². The van der Waals surface area contributed by atoms with E-state index in [9.17, 15) is 8.42 Å². The molecular formula is C17H22N6O2S. The van der Waals surface area contributed by atoms with E-state index in [1.165, 1.54) is 6.26 Å². The van der Waals surface area contributed by atoms with E-state index in [0.717, 1.165) is 35.5 Å². The van der Waals surface area contributed by atoms with Gasteiger partial charge in [0.05, 0.1) is 11.9 Å². The highest BCUT2D eigenvalue weighted by Gasteiger charge is 2.44. The van der Waals surface area contributed by atoms with Gasteiger partial charge in [-0.15, -0.1) is 0 Å². The molecule has 0 saturated carbocycles. The molecule has 2 atom stereocenters. The summed E-state index contributed by atoms with van der Waals surface area (Å²) < 4.78 is 25.8. The molecule has 3 aliphatic rings. The van der Waals surface area contributed by atoms with Crippen molar-refractivity contribution in [3.8, 4) is 11.1 Å². The number of piperidine rings is 2. The van der Waals surface area contributed by atoms with Crippen LogP contribution in [0.5, 0.6) is 0 Å². The van der Waals surface area contributed by atoms with Crippen molar-refractivity contribution in [2.45, 2.75) is 31.8 Å². The molecule has 2 N–H and O–H groups in total. The van der Waals surface area contributed by atoms with Gasteiger partial charge in [-0.25, -0.2) is 13.4 Å². The van der Waals surface area contributed by atoms with Gasteiger partial charge in [-0.3, -0.25) is 4.98 Å². The maximum atomic E-state index is 12.1. The number of pyridine rings is 1. The lowest BCUT2D eigenvalue weighted by atomic mass is 9.92. The standard InChI is InChI=1S/C17H22N6O2S/c1-11-15(12-4-3-7-19-8-12)16(21-17(18)20-11)22-9-14-6-5-13(22)10-23(14)26(2,24)25/h3-4,7-8,13-14H,5-6,9-10H2,1-2H3,(H2,18,20,21). The van der Waals surface area contributed by atoms with Crippen molar-refractivity contribution in [2.75, 3.05) is 30.0 Å². The summed E-state index contributed by atoms with van der Waals surface area (Å²) in [6, 6.07) is 3.90. The van der Waals surface area contributed by atoms with Crippen molar-refractivity contribution in [1.29, 1.82) is 0 Å². The molecule has 0 aromatic carbocycles. The van der Waals surface area contributed by atoms with Gasteiger partial charge in [-0.2, -0.15) is 9.29 Å².